The van der Waals surface area contributed by atoms with E-state index in [2.05, 4.69) is 15.9 Å². The highest BCUT2D eigenvalue weighted by Gasteiger charge is 2.29. The molecular weight excluding hydrogens is 324 g/mol. The third-order valence-electron chi connectivity index (χ3n) is 3.34. The van der Waals surface area contributed by atoms with Crippen LogP contribution in [-0.2, 0) is 9.59 Å². The Bertz CT molecular complexity index is 490. The molecule has 0 aromatic heterocycles. The number of nitrogens with two attached hydrogens (primary N) is 1. The Hall–Kier alpha value is -1.56. The van der Waals surface area contributed by atoms with Crippen molar-refractivity contribution in [2.45, 2.75) is 12.8 Å². The van der Waals surface area contributed by atoms with Crippen molar-refractivity contribution in [2.75, 3.05) is 19.7 Å². The summed E-state index contributed by atoms with van der Waals surface area (Å²) in [5.74, 6) is 0.209. The van der Waals surface area contributed by atoms with Gasteiger partial charge in [0.05, 0.1) is 18.9 Å². The fraction of sp³-hybridized carbons (Fsp3) is 0.429. The summed E-state index contributed by atoms with van der Waals surface area (Å²) >= 11 is 3.34. The van der Waals surface area contributed by atoms with E-state index in [-0.39, 0.29) is 17.7 Å². The van der Waals surface area contributed by atoms with Crippen LogP contribution in [0.4, 0.5) is 0 Å². The lowest BCUT2D eigenvalue weighted by Crippen LogP contribution is -2.32. The first-order valence-corrected chi connectivity index (χ1v) is 7.31. The summed E-state index contributed by atoms with van der Waals surface area (Å²) in [6.45, 7) is 1.37. The first kappa shape index (κ1) is 14.8. The maximum absolute atomic E-state index is 11.9. The topological polar surface area (TPSA) is 72.6 Å². The molecule has 1 aromatic rings. The molecule has 6 heteroatoms. The molecule has 0 aliphatic carbocycles. The predicted octanol–water partition coefficient (Wildman–Crippen LogP) is 1.55. The van der Waals surface area contributed by atoms with Crippen molar-refractivity contribution in [1.29, 1.82) is 0 Å². The fourth-order valence-electron chi connectivity index (χ4n) is 2.16. The molecule has 0 radical (unpaired) electrons. The van der Waals surface area contributed by atoms with E-state index < -0.39 is 0 Å². The van der Waals surface area contributed by atoms with Gasteiger partial charge in [-0.05, 0) is 30.7 Å². The van der Waals surface area contributed by atoms with E-state index in [1.165, 1.54) is 0 Å². The average Bonchev–Trinajstić information content (AvgIpc) is 2.91. The third-order valence-corrected chi connectivity index (χ3v) is 3.87. The summed E-state index contributed by atoms with van der Waals surface area (Å²) in [7, 11) is 0. The molecule has 0 bridgehead atoms. The number of ether oxygens (including phenoxy) is 1. The van der Waals surface area contributed by atoms with E-state index in [4.69, 9.17) is 10.5 Å². The Morgan fingerprint density at radius 1 is 1.35 bits per heavy atom. The summed E-state index contributed by atoms with van der Waals surface area (Å²) in [6.07, 6.45) is 0.968. The normalized spacial score (nSPS) is 18.1. The highest BCUT2D eigenvalue weighted by atomic mass is 79.9. The van der Waals surface area contributed by atoms with Crippen LogP contribution in [0.25, 0.3) is 0 Å². The van der Waals surface area contributed by atoms with E-state index in [1.54, 1.807) is 4.90 Å². The largest absolute Gasteiger partial charge is 0.493 e. The zero-order valence-electron chi connectivity index (χ0n) is 11.0. The number of carbonyl (C=O) groups is 2. The minimum absolute atomic E-state index is 0.00543. The number of hydrogen-bond donors (Lipinski definition) is 1. The van der Waals surface area contributed by atoms with E-state index in [0.29, 0.717) is 32.5 Å². The van der Waals surface area contributed by atoms with Crippen molar-refractivity contribution in [1.82, 2.24) is 4.90 Å². The SMILES string of the molecule is NC(=O)C1CCN(C(=O)CCOc2ccc(Br)cc2)C1. The molecule has 1 heterocycles. The Labute approximate surface area is 126 Å². The van der Waals surface area contributed by atoms with Crippen LogP contribution in [0.5, 0.6) is 5.75 Å². The zero-order valence-corrected chi connectivity index (χ0v) is 12.6. The Kier molecular flexibility index (Phi) is 5.00. The Balaban J connectivity index is 1.73. The van der Waals surface area contributed by atoms with Gasteiger partial charge in [-0.1, -0.05) is 15.9 Å². The third kappa shape index (κ3) is 3.96. The number of amides is 2. The lowest BCUT2D eigenvalue weighted by atomic mass is 10.1. The molecule has 1 aliphatic rings. The molecule has 20 heavy (non-hydrogen) atoms. The Morgan fingerprint density at radius 2 is 2.05 bits per heavy atom. The molecule has 1 aliphatic heterocycles. The maximum Gasteiger partial charge on any atom is 0.226 e. The second kappa shape index (κ2) is 6.74. The predicted molar refractivity (Wildman–Crippen MR) is 78.1 cm³/mol. The Morgan fingerprint density at radius 3 is 2.65 bits per heavy atom. The van der Waals surface area contributed by atoms with Gasteiger partial charge in [-0.15, -0.1) is 0 Å². The van der Waals surface area contributed by atoms with Crippen LogP contribution in [0.1, 0.15) is 12.8 Å². The number of primary amides is 1. The van der Waals surface area contributed by atoms with Crippen LogP contribution in [0, 0.1) is 5.92 Å². The first-order chi connectivity index (χ1) is 9.56. The monoisotopic (exact) mass is 340 g/mol. The molecule has 0 saturated carbocycles. The van der Waals surface area contributed by atoms with Crippen LogP contribution >= 0.6 is 15.9 Å². The summed E-state index contributed by atoms with van der Waals surface area (Å²) in [4.78, 5) is 24.7. The smallest absolute Gasteiger partial charge is 0.226 e. The minimum atomic E-state index is -0.327. The van der Waals surface area contributed by atoms with Gasteiger partial charge in [0.25, 0.3) is 0 Å². The van der Waals surface area contributed by atoms with Gasteiger partial charge < -0.3 is 15.4 Å². The minimum Gasteiger partial charge on any atom is -0.493 e. The lowest BCUT2D eigenvalue weighted by molar-refractivity contribution is -0.131. The molecule has 108 valence electrons. The molecule has 1 saturated heterocycles. The molecule has 1 fully saturated rings. The number of likely N-dealkylation sites (tertiary alicyclic amines) is 1. The number of carbonyl (C=O) groups excluding carboxylic acids is 2. The van der Waals surface area contributed by atoms with Crippen molar-refractivity contribution < 1.29 is 14.3 Å². The highest BCUT2D eigenvalue weighted by molar-refractivity contribution is 9.10. The van der Waals surface area contributed by atoms with Crippen LogP contribution in [0.2, 0.25) is 0 Å². The molecule has 2 amide bonds. The van der Waals surface area contributed by atoms with Gasteiger partial charge in [-0.2, -0.15) is 0 Å². The van der Waals surface area contributed by atoms with Gasteiger partial charge >= 0.3 is 0 Å². The number of rotatable bonds is 5. The van der Waals surface area contributed by atoms with Crippen LogP contribution in [0.15, 0.2) is 28.7 Å². The maximum atomic E-state index is 11.9. The summed E-state index contributed by atoms with van der Waals surface area (Å²) in [5.41, 5.74) is 5.24. The van der Waals surface area contributed by atoms with Gasteiger partial charge in [0.15, 0.2) is 0 Å². The van der Waals surface area contributed by atoms with Crippen molar-refractivity contribution in [2.24, 2.45) is 11.7 Å². The average molecular weight is 341 g/mol. The lowest BCUT2D eigenvalue weighted by Gasteiger charge is -2.16. The quantitative estimate of drug-likeness (QED) is 0.883. The zero-order chi connectivity index (χ0) is 14.5. The van der Waals surface area contributed by atoms with Gasteiger partial charge in [-0.25, -0.2) is 0 Å². The standard InChI is InChI=1S/C14H17BrN2O3/c15-11-1-3-12(4-2-11)20-8-6-13(18)17-7-5-10(9-17)14(16)19/h1-4,10H,5-9H2,(H2,16,19). The summed E-state index contributed by atoms with van der Waals surface area (Å²) in [5, 5.41) is 0. The van der Waals surface area contributed by atoms with E-state index >= 15 is 0 Å². The number of hydrogen-bond acceptors (Lipinski definition) is 3. The van der Waals surface area contributed by atoms with Gasteiger partial charge in [0.1, 0.15) is 5.75 Å². The first-order valence-electron chi connectivity index (χ1n) is 6.51. The molecule has 1 unspecified atom stereocenters. The molecule has 1 atom stereocenters. The van der Waals surface area contributed by atoms with Crippen LogP contribution in [0.3, 0.4) is 0 Å². The van der Waals surface area contributed by atoms with Gasteiger partial charge in [0.2, 0.25) is 11.8 Å². The molecular formula is C14H17BrN2O3. The summed E-state index contributed by atoms with van der Waals surface area (Å²) in [6, 6.07) is 7.45. The van der Waals surface area contributed by atoms with E-state index in [9.17, 15) is 9.59 Å². The summed E-state index contributed by atoms with van der Waals surface area (Å²) < 4.78 is 6.49. The van der Waals surface area contributed by atoms with Crippen molar-refractivity contribution in [3.05, 3.63) is 28.7 Å². The number of halogens is 1. The van der Waals surface area contributed by atoms with Crippen LogP contribution < -0.4 is 10.5 Å². The van der Waals surface area contributed by atoms with E-state index in [1.807, 2.05) is 24.3 Å². The molecule has 2 rings (SSSR count). The van der Waals surface area contributed by atoms with Crippen molar-refractivity contribution in [3.8, 4) is 5.75 Å². The molecule has 2 N–H and O–H groups in total. The highest BCUT2D eigenvalue weighted by Crippen LogP contribution is 2.18. The van der Waals surface area contributed by atoms with Crippen molar-refractivity contribution >= 4 is 27.7 Å². The van der Waals surface area contributed by atoms with Gasteiger partial charge in [-0.3, -0.25) is 9.59 Å². The van der Waals surface area contributed by atoms with E-state index in [0.717, 1.165) is 10.2 Å². The molecule has 1 aromatic carbocycles. The second-order valence-electron chi connectivity index (χ2n) is 4.78. The molecule has 0 spiro atoms. The second-order valence-corrected chi connectivity index (χ2v) is 5.70. The fourth-order valence-corrected chi connectivity index (χ4v) is 2.43. The number of benzene rings is 1. The number of nitrogens with zero attached hydrogens (tertiary/aromatic N) is 1. The van der Waals surface area contributed by atoms with Crippen LogP contribution in [-0.4, -0.2) is 36.4 Å². The van der Waals surface area contributed by atoms with Crippen molar-refractivity contribution in [3.63, 3.8) is 0 Å². The molecule has 5 nitrogen and oxygen atoms in total. The van der Waals surface area contributed by atoms with Gasteiger partial charge in [0, 0.05) is 17.6 Å².